The normalized spacial score (nSPS) is 17.7. The zero-order valence-corrected chi connectivity index (χ0v) is 15.0. The van der Waals surface area contributed by atoms with Gasteiger partial charge in [-0.1, -0.05) is 54.6 Å². The van der Waals surface area contributed by atoms with Crippen molar-refractivity contribution in [3.05, 3.63) is 77.9 Å². The van der Waals surface area contributed by atoms with Gasteiger partial charge in [-0.15, -0.1) is 0 Å². The molecule has 1 aliphatic rings. The molecule has 0 spiro atoms. The molecular formula is C23H26NO2+. The van der Waals surface area contributed by atoms with Crippen molar-refractivity contribution in [3.8, 4) is 5.75 Å². The SMILES string of the molecule is O[C@H](C[NH2+][C@@H]1CCCc2ccccc21)COc1ccc2ccccc2c1. The maximum Gasteiger partial charge on any atom is 0.137 e. The molecule has 0 saturated carbocycles. The minimum absolute atomic E-state index is 0.323. The topological polar surface area (TPSA) is 46.1 Å². The van der Waals surface area contributed by atoms with E-state index in [0.717, 1.165) is 11.1 Å². The van der Waals surface area contributed by atoms with Gasteiger partial charge in [-0.3, -0.25) is 0 Å². The Bertz CT molecular complexity index is 877. The first-order valence-corrected chi connectivity index (χ1v) is 9.50. The highest BCUT2D eigenvalue weighted by Gasteiger charge is 2.23. The Labute approximate surface area is 154 Å². The number of ether oxygens (including phenoxy) is 1. The third-order valence-corrected chi connectivity index (χ3v) is 5.27. The van der Waals surface area contributed by atoms with Gasteiger partial charge in [0.2, 0.25) is 0 Å². The molecule has 2 atom stereocenters. The van der Waals surface area contributed by atoms with Crippen LogP contribution in [0.3, 0.4) is 0 Å². The van der Waals surface area contributed by atoms with Crippen LogP contribution >= 0.6 is 0 Å². The fourth-order valence-electron chi connectivity index (χ4n) is 3.88. The van der Waals surface area contributed by atoms with Crippen molar-refractivity contribution in [2.24, 2.45) is 0 Å². The summed E-state index contributed by atoms with van der Waals surface area (Å²) < 4.78 is 5.82. The fraction of sp³-hybridized carbons (Fsp3) is 0.304. The van der Waals surface area contributed by atoms with Gasteiger partial charge in [0.1, 0.15) is 31.0 Å². The van der Waals surface area contributed by atoms with Gasteiger partial charge < -0.3 is 15.2 Å². The van der Waals surface area contributed by atoms with Crippen LogP contribution in [0.25, 0.3) is 10.8 Å². The van der Waals surface area contributed by atoms with E-state index in [4.69, 9.17) is 4.74 Å². The summed E-state index contributed by atoms with van der Waals surface area (Å²) in [7, 11) is 0. The molecule has 134 valence electrons. The number of aliphatic hydroxyl groups is 1. The minimum Gasteiger partial charge on any atom is -0.491 e. The molecule has 3 heteroatoms. The molecule has 3 N–H and O–H groups in total. The summed E-state index contributed by atoms with van der Waals surface area (Å²) >= 11 is 0. The van der Waals surface area contributed by atoms with Crippen LogP contribution in [-0.4, -0.2) is 24.4 Å². The highest BCUT2D eigenvalue weighted by atomic mass is 16.5. The van der Waals surface area contributed by atoms with E-state index in [-0.39, 0.29) is 0 Å². The first kappa shape index (κ1) is 17.1. The van der Waals surface area contributed by atoms with E-state index in [1.54, 1.807) is 0 Å². The van der Waals surface area contributed by atoms with Gasteiger partial charge in [-0.05, 0) is 41.3 Å². The highest BCUT2D eigenvalue weighted by Crippen LogP contribution is 2.26. The lowest BCUT2D eigenvalue weighted by molar-refractivity contribution is -0.702. The second-order valence-corrected chi connectivity index (χ2v) is 7.14. The second kappa shape index (κ2) is 7.90. The Balaban J connectivity index is 1.31. The predicted molar refractivity (Wildman–Crippen MR) is 104 cm³/mol. The van der Waals surface area contributed by atoms with Crippen molar-refractivity contribution in [3.63, 3.8) is 0 Å². The first-order valence-electron chi connectivity index (χ1n) is 9.50. The van der Waals surface area contributed by atoms with E-state index in [1.807, 2.05) is 24.3 Å². The third kappa shape index (κ3) is 3.90. The molecule has 0 saturated heterocycles. The van der Waals surface area contributed by atoms with E-state index in [2.05, 4.69) is 47.8 Å². The molecule has 0 fully saturated rings. The molecule has 26 heavy (non-hydrogen) atoms. The lowest BCUT2D eigenvalue weighted by Gasteiger charge is -2.24. The first-order chi connectivity index (χ1) is 12.8. The third-order valence-electron chi connectivity index (χ3n) is 5.27. The number of fused-ring (bicyclic) bond motifs is 2. The Hall–Kier alpha value is -2.36. The van der Waals surface area contributed by atoms with Gasteiger partial charge in [0.25, 0.3) is 0 Å². The predicted octanol–water partition coefficient (Wildman–Crippen LogP) is 3.22. The van der Waals surface area contributed by atoms with Crippen LogP contribution in [0.4, 0.5) is 0 Å². The molecule has 0 amide bonds. The van der Waals surface area contributed by atoms with Crippen molar-refractivity contribution < 1.29 is 15.2 Å². The monoisotopic (exact) mass is 348 g/mol. The van der Waals surface area contributed by atoms with Crippen molar-refractivity contribution in [1.82, 2.24) is 0 Å². The van der Waals surface area contributed by atoms with E-state index in [1.165, 1.54) is 35.8 Å². The van der Waals surface area contributed by atoms with Gasteiger partial charge in [-0.25, -0.2) is 0 Å². The van der Waals surface area contributed by atoms with Crippen LogP contribution in [0.2, 0.25) is 0 Å². The Morgan fingerprint density at radius 1 is 1.00 bits per heavy atom. The maximum atomic E-state index is 10.3. The summed E-state index contributed by atoms with van der Waals surface area (Å²) in [6.07, 6.45) is 3.10. The summed E-state index contributed by atoms with van der Waals surface area (Å²) in [4.78, 5) is 0. The lowest BCUT2D eigenvalue weighted by Crippen LogP contribution is -2.87. The van der Waals surface area contributed by atoms with Crippen LogP contribution in [-0.2, 0) is 6.42 Å². The van der Waals surface area contributed by atoms with Crippen LogP contribution in [0.5, 0.6) is 5.75 Å². The highest BCUT2D eigenvalue weighted by molar-refractivity contribution is 5.83. The summed E-state index contributed by atoms with van der Waals surface area (Å²) in [6.45, 7) is 0.982. The van der Waals surface area contributed by atoms with Crippen molar-refractivity contribution >= 4 is 10.8 Å². The van der Waals surface area contributed by atoms with Crippen LogP contribution in [0, 0.1) is 0 Å². The summed E-state index contributed by atoms with van der Waals surface area (Å²) in [5.41, 5.74) is 2.89. The largest absolute Gasteiger partial charge is 0.491 e. The molecule has 3 nitrogen and oxygen atoms in total. The summed E-state index contributed by atoms with van der Waals surface area (Å²) in [6, 6.07) is 23.4. The summed E-state index contributed by atoms with van der Waals surface area (Å²) in [5.74, 6) is 0.811. The molecule has 1 aliphatic carbocycles. The molecule has 3 aromatic rings. The average molecular weight is 348 g/mol. The van der Waals surface area contributed by atoms with Crippen molar-refractivity contribution in [2.45, 2.75) is 31.4 Å². The molecule has 0 aromatic heterocycles. The zero-order valence-electron chi connectivity index (χ0n) is 15.0. The number of aliphatic hydroxyl groups excluding tert-OH is 1. The second-order valence-electron chi connectivity index (χ2n) is 7.14. The van der Waals surface area contributed by atoms with Crippen LogP contribution in [0.1, 0.15) is 30.0 Å². The number of hydrogen-bond acceptors (Lipinski definition) is 2. The molecule has 0 heterocycles. The number of hydrogen-bond donors (Lipinski definition) is 2. The van der Waals surface area contributed by atoms with E-state index >= 15 is 0 Å². The van der Waals surface area contributed by atoms with E-state index in [0.29, 0.717) is 19.2 Å². The van der Waals surface area contributed by atoms with E-state index in [9.17, 15) is 5.11 Å². The Morgan fingerprint density at radius 3 is 2.73 bits per heavy atom. The lowest BCUT2D eigenvalue weighted by atomic mass is 9.88. The number of rotatable bonds is 6. The van der Waals surface area contributed by atoms with Crippen LogP contribution < -0.4 is 10.1 Å². The van der Waals surface area contributed by atoms with Gasteiger partial charge in [0.05, 0.1) is 0 Å². The zero-order chi connectivity index (χ0) is 17.8. The molecule has 0 aliphatic heterocycles. The van der Waals surface area contributed by atoms with E-state index < -0.39 is 6.10 Å². The fourth-order valence-corrected chi connectivity index (χ4v) is 3.88. The maximum absolute atomic E-state index is 10.3. The molecule has 0 radical (unpaired) electrons. The Morgan fingerprint density at radius 2 is 1.81 bits per heavy atom. The number of benzene rings is 3. The number of quaternary nitrogens is 1. The minimum atomic E-state index is -0.476. The van der Waals surface area contributed by atoms with Crippen LogP contribution in [0.15, 0.2) is 66.7 Å². The number of aryl methyl sites for hydroxylation is 1. The molecular weight excluding hydrogens is 322 g/mol. The molecule has 3 aromatic carbocycles. The number of nitrogens with two attached hydrogens (primary N) is 1. The van der Waals surface area contributed by atoms with Gasteiger partial charge in [-0.2, -0.15) is 0 Å². The molecule has 0 unspecified atom stereocenters. The van der Waals surface area contributed by atoms with Gasteiger partial charge in [0.15, 0.2) is 0 Å². The molecule has 0 bridgehead atoms. The average Bonchev–Trinajstić information content (AvgIpc) is 2.70. The smallest absolute Gasteiger partial charge is 0.137 e. The van der Waals surface area contributed by atoms with Gasteiger partial charge >= 0.3 is 0 Å². The quantitative estimate of drug-likeness (QED) is 0.718. The van der Waals surface area contributed by atoms with Gasteiger partial charge in [0, 0.05) is 12.0 Å². The standard InChI is InChI=1S/C23H25NO2/c25-20(15-24-23-11-5-9-18-7-3-4-10-22(18)23)16-26-21-13-12-17-6-1-2-8-19(17)14-21/h1-4,6-8,10,12-14,20,23-25H,5,9,11,15-16H2/p+1/t20-,23-/m1/s1. The molecule has 4 rings (SSSR count). The van der Waals surface area contributed by atoms with Crippen molar-refractivity contribution in [1.29, 1.82) is 0 Å². The Kier molecular flexibility index (Phi) is 5.19. The van der Waals surface area contributed by atoms with Crippen molar-refractivity contribution in [2.75, 3.05) is 13.2 Å². The summed E-state index contributed by atoms with van der Waals surface area (Å²) in [5, 5.41) is 15.0.